The molecule has 1 aromatic rings. The quantitative estimate of drug-likeness (QED) is 0.833. The lowest BCUT2D eigenvalue weighted by atomic mass is 9.85. The van der Waals surface area contributed by atoms with Crippen molar-refractivity contribution in [3.8, 4) is 5.75 Å². The van der Waals surface area contributed by atoms with E-state index in [1.54, 1.807) is 12.1 Å². The Morgan fingerprint density at radius 1 is 1.48 bits per heavy atom. The molecule has 0 bridgehead atoms. The van der Waals surface area contributed by atoms with Crippen LogP contribution in [0, 0.1) is 11.7 Å². The zero-order valence-corrected chi connectivity index (χ0v) is 14.3. The molecule has 130 valence electrons. The van der Waals surface area contributed by atoms with Gasteiger partial charge in [-0.15, -0.1) is 12.4 Å². The molecule has 1 saturated carbocycles. The van der Waals surface area contributed by atoms with E-state index in [4.69, 9.17) is 10.5 Å². The van der Waals surface area contributed by atoms with Crippen LogP contribution in [-0.4, -0.2) is 24.6 Å². The molecule has 0 aliphatic heterocycles. The van der Waals surface area contributed by atoms with Gasteiger partial charge in [0.05, 0.1) is 6.54 Å². The highest BCUT2D eigenvalue weighted by Crippen LogP contribution is 2.23. The molecule has 2 rings (SSSR count). The van der Waals surface area contributed by atoms with E-state index in [1.165, 1.54) is 12.1 Å². The normalized spacial score (nSPS) is 21.9. The summed E-state index contributed by atoms with van der Waals surface area (Å²) in [5.74, 6) is 0.222. The van der Waals surface area contributed by atoms with Gasteiger partial charge >= 0.3 is 0 Å². The minimum atomic E-state index is -0.326. The van der Waals surface area contributed by atoms with Gasteiger partial charge in [-0.25, -0.2) is 4.39 Å². The number of rotatable bonds is 6. The van der Waals surface area contributed by atoms with Crippen LogP contribution < -0.4 is 15.8 Å². The van der Waals surface area contributed by atoms with Crippen molar-refractivity contribution in [2.24, 2.45) is 11.7 Å². The monoisotopic (exact) mass is 344 g/mol. The summed E-state index contributed by atoms with van der Waals surface area (Å²) >= 11 is 0. The van der Waals surface area contributed by atoms with Crippen LogP contribution in [0.3, 0.4) is 0 Å². The molecule has 0 saturated heterocycles. The van der Waals surface area contributed by atoms with Crippen LogP contribution in [0.5, 0.6) is 5.75 Å². The van der Waals surface area contributed by atoms with Gasteiger partial charge < -0.3 is 15.8 Å². The molecular formula is C17H26ClFN2O2. The number of hydrogen-bond donors (Lipinski definition) is 2. The summed E-state index contributed by atoms with van der Waals surface area (Å²) in [5, 5.41) is 2.95. The number of hydrogen-bond acceptors (Lipinski definition) is 3. The van der Waals surface area contributed by atoms with Crippen molar-refractivity contribution in [3.63, 3.8) is 0 Å². The third kappa shape index (κ3) is 6.36. The van der Waals surface area contributed by atoms with E-state index in [9.17, 15) is 9.18 Å². The van der Waals surface area contributed by atoms with Crippen LogP contribution in [0.2, 0.25) is 0 Å². The second-order valence-electron chi connectivity index (χ2n) is 5.97. The van der Waals surface area contributed by atoms with Crippen LogP contribution in [-0.2, 0) is 4.79 Å². The maximum absolute atomic E-state index is 13.2. The van der Waals surface area contributed by atoms with Crippen LogP contribution in [0.1, 0.15) is 39.0 Å². The number of amides is 1. The topological polar surface area (TPSA) is 64.4 Å². The predicted octanol–water partition coefficient (Wildman–Crippen LogP) is 3.04. The molecule has 0 aromatic heterocycles. The van der Waals surface area contributed by atoms with Crippen molar-refractivity contribution in [2.75, 3.05) is 6.54 Å². The van der Waals surface area contributed by atoms with Crippen LogP contribution in [0.15, 0.2) is 24.3 Å². The summed E-state index contributed by atoms with van der Waals surface area (Å²) in [6, 6.07) is 6.19. The predicted molar refractivity (Wildman–Crippen MR) is 91.3 cm³/mol. The van der Waals surface area contributed by atoms with Gasteiger partial charge in [0.2, 0.25) is 5.91 Å². The molecular weight excluding hydrogens is 319 g/mol. The molecule has 0 heterocycles. The van der Waals surface area contributed by atoms with E-state index >= 15 is 0 Å². The largest absolute Gasteiger partial charge is 0.489 e. The maximum atomic E-state index is 13.2. The number of benzene rings is 1. The minimum absolute atomic E-state index is 0. The number of carbonyl (C=O) groups excluding carboxylic acids is 1. The Kier molecular flexibility index (Phi) is 8.34. The number of nitrogens with two attached hydrogens (primary N) is 1. The molecule has 0 spiro atoms. The number of nitrogens with one attached hydrogen (secondary N) is 1. The number of halogens is 2. The lowest BCUT2D eigenvalue weighted by Crippen LogP contribution is -2.41. The fourth-order valence-corrected chi connectivity index (χ4v) is 2.83. The average Bonchev–Trinajstić information content (AvgIpc) is 2.51. The summed E-state index contributed by atoms with van der Waals surface area (Å²) in [6.07, 6.45) is 4.25. The highest BCUT2D eigenvalue weighted by molar-refractivity contribution is 5.85. The average molecular weight is 345 g/mol. The number of carbonyl (C=O) groups is 1. The van der Waals surface area contributed by atoms with Crippen LogP contribution in [0.4, 0.5) is 4.39 Å². The lowest BCUT2D eigenvalue weighted by molar-refractivity contribution is -0.126. The standard InChI is InChI=1S/C17H25FN2O2.ClH/c1-2-15(22-16-8-4-6-13(18)10-16)11-20-17(21)12-5-3-7-14(19)9-12;/h4,6,8,10,12,14-15H,2-3,5,7,9,11,19H2,1H3,(H,20,21);1H. The molecule has 1 amide bonds. The van der Waals surface area contributed by atoms with Crippen molar-refractivity contribution in [1.29, 1.82) is 0 Å². The van der Waals surface area contributed by atoms with Gasteiger partial charge in [-0.2, -0.15) is 0 Å². The van der Waals surface area contributed by atoms with Crippen molar-refractivity contribution in [2.45, 2.75) is 51.2 Å². The van der Waals surface area contributed by atoms with Gasteiger partial charge in [0.15, 0.2) is 0 Å². The van der Waals surface area contributed by atoms with Crippen molar-refractivity contribution >= 4 is 18.3 Å². The van der Waals surface area contributed by atoms with Gasteiger partial charge in [-0.05, 0) is 37.8 Å². The molecule has 4 nitrogen and oxygen atoms in total. The first-order valence-corrected chi connectivity index (χ1v) is 8.04. The molecule has 3 unspecified atom stereocenters. The zero-order valence-electron chi connectivity index (χ0n) is 13.5. The van der Waals surface area contributed by atoms with Crippen molar-refractivity contribution in [1.82, 2.24) is 5.32 Å². The van der Waals surface area contributed by atoms with E-state index < -0.39 is 0 Å². The second-order valence-corrected chi connectivity index (χ2v) is 5.97. The van der Waals surface area contributed by atoms with Gasteiger partial charge in [0.1, 0.15) is 17.7 Å². The Morgan fingerprint density at radius 3 is 2.91 bits per heavy atom. The van der Waals surface area contributed by atoms with Crippen molar-refractivity contribution in [3.05, 3.63) is 30.1 Å². The van der Waals surface area contributed by atoms with E-state index in [-0.39, 0.29) is 42.2 Å². The Labute approximate surface area is 143 Å². The maximum Gasteiger partial charge on any atom is 0.223 e. The summed E-state index contributed by atoms with van der Waals surface area (Å²) < 4.78 is 18.9. The number of ether oxygens (including phenoxy) is 1. The minimum Gasteiger partial charge on any atom is -0.489 e. The van der Waals surface area contributed by atoms with Gasteiger partial charge in [0, 0.05) is 18.0 Å². The molecule has 3 atom stereocenters. The lowest BCUT2D eigenvalue weighted by Gasteiger charge is -2.26. The molecule has 1 aliphatic carbocycles. The highest BCUT2D eigenvalue weighted by Gasteiger charge is 2.25. The Bertz CT molecular complexity index is 501. The first kappa shape index (κ1) is 19.7. The molecule has 23 heavy (non-hydrogen) atoms. The van der Waals surface area contributed by atoms with E-state index in [2.05, 4.69) is 5.32 Å². The highest BCUT2D eigenvalue weighted by atomic mass is 35.5. The van der Waals surface area contributed by atoms with Crippen LogP contribution in [0.25, 0.3) is 0 Å². The van der Waals surface area contributed by atoms with Gasteiger partial charge in [-0.1, -0.05) is 19.4 Å². The summed E-state index contributed by atoms with van der Waals surface area (Å²) in [7, 11) is 0. The SMILES string of the molecule is CCC(CNC(=O)C1CCCC(N)C1)Oc1cccc(F)c1.Cl. The molecule has 3 N–H and O–H groups in total. The fraction of sp³-hybridized carbons (Fsp3) is 0.588. The molecule has 1 aliphatic rings. The van der Waals surface area contributed by atoms with Crippen molar-refractivity contribution < 1.29 is 13.9 Å². The molecule has 1 aromatic carbocycles. The zero-order chi connectivity index (χ0) is 15.9. The Morgan fingerprint density at radius 2 is 2.26 bits per heavy atom. The first-order valence-electron chi connectivity index (χ1n) is 8.04. The first-order chi connectivity index (χ1) is 10.6. The van der Waals surface area contributed by atoms with Crippen LogP contribution >= 0.6 is 12.4 Å². The van der Waals surface area contributed by atoms with E-state index in [1.807, 2.05) is 6.92 Å². The Balaban J connectivity index is 0.00000264. The Hall–Kier alpha value is -1.33. The third-order valence-corrected chi connectivity index (χ3v) is 4.14. The van der Waals surface area contributed by atoms with E-state index in [0.29, 0.717) is 12.3 Å². The van der Waals surface area contributed by atoms with Gasteiger partial charge in [0.25, 0.3) is 0 Å². The summed E-state index contributed by atoms with van der Waals surface area (Å²) in [4.78, 5) is 12.2. The third-order valence-electron chi connectivity index (χ3n) is 4.14. The second kappa shape index (κ2) is 9.73. The molecule has 6 heteroatoms. The summed E-state index contributed by atoms with van der Waals surface area (Å²) in [6.45, 7) is 2.41. The smallest absolute Gasteiger partial charge is 0.223 e. The van der Waals surface area contributed by atoms with Gasteiger partial charge in [-0.3, -0.25) is 4.79 Å². The molecule has 0 radical (unpaired) electrons. The van der Waals surface area contributed by atoms with E-state index in [0.717, 1.165) is 32.1 Å². The summed E-state index contributed by atoms with van der Waals surface area (Å²) in [5.41, 5.74) is 5.92. The molecule has 1 fully saturated rings. The fourth-order valence-electron chi connectivity index (χ4n) is 2.83.